The third kappa shape index (κ3) is 3.93. The maximum atomic E-state index is 12.0. The molecule has 4 heteroatoms. The Hall–Kier alpha value is -1.22. The van der Waals surface area contributed by atoms with Crippen molar-refractivity contribution < 1.29 is 9.90 Å². The molecule has 1 amide bonds. The highest BCUT2D eigenvalue weighted by atomic mass is 35.5. The molecule has 0 radical (unpaired) electrons. The maximum Gasteiger partial charge on any atom is 0.251 e. The second-order valence-electron chi connectivity index (χ2n) is 4.06. The van der Waals surface area contributed by atoms with Crippen molar-refractivity contribution >= 4 is 17.5 Å². The van der Waals surface area contributed by atoms with Crippen LogP contribution >= 0.6 is 11.6 Å². The molecular formula is C13H18ClNO2. The van der Waals surface area contributed by atoms with Crippen LogP contribution in [0, 0.1) is 6.92 Å². The van der Waals surface area contributed by atoms with Gasteiger partial charge in [-0.2, -0.15) is 0 Å². The van der Waals surface area contributed by atoms with E-state index in [0.717, 1.165) is 18.4 Å². The van der Waals surface area contributed by atoms with E-state index < -0.39 is 0 Å². The van der Waals surface area contributed by atoms with Gasteiger partial charge in [0.05, 0.1) is 0 Å². The van der Waals surface area contributed by atoms with Crippen molar-refractivity contribution in [2.75, 3.05) is 5.88 Å². The third-order valence-corrected chi connectivity index (χ3v) is 2.96. The Morgan fingerprint density at radius 1 is 1.53 bits per heavy atom. The Morgan fingerprint density at radius 3 is 2.76 bits per heavy atom. The molecule has 1 atom stereocenters. The highest BCUT2D eigenvalue weighted by molar-refractivity contribution is 6.17. The smallest absolute Gasteiger partial charge is 0.251 e. The van der Waals surface area contributed by atoms with Crippen LogP contribution in [0.1, 0.15) is 35.7 Å². The lowest BCUT2D eigenvalue weighted by Gasteiger charge is -2.16. The molecule has 1 rings (SSSR count). The van der Waals surface area contributed by atoms with Gasteiger partial charge in [0.15, 0.2) is 0 Å². The summed E-state index contributed by atoms with van der Waals surface area (Å²) >= 11 is 5.67. The van der Waals surface area contributed by atoms with E-state index in [9.17, 15) is 9.90 Å². The molecule has 2 N–H and O–H groups in total. The number of hydrogen-bond acceptors (Lipinski definition) is 2. The Kier molecular flexibility index (Phi) is 5.29. The van der Waals surface area contributed by atoms with E-state index in [1.807, 2.05) is 6.92 Å². The summed E-state index contributed by atoms with van der Waals surface area (Å²) in [6.45, 7) is 3.82. The van der Waals surface area contributed by atoms with Gasteiger partial charge in [-0.1, -0.05) is 6.92 Å². The molecule has 0 saturated heterocycles. The lowest BCUT2D eigenvalue weighted by molar-refractivity contribution is 0.0934. The summed E-state index contributed by atoms with van der Waals surface area (Å²) in [7, 11) is 0. The number of carbonyl (C=O) groups is 1. The minimum absolute atomic E-state index is 0.105. The van der Waals surface area contributed by atoms with Crippen molar-refractivity contribution in [1.29, 1.82) is 0 Å². The number of carbonyl (C=O) groups excluding carboxylic acids is 1. The van der Waals surface area contributed by atoms with Gasteiger partial charge < -0.3 is 10.4 Å². The summed E-state index contributed by atoms with van der Waals surface area (Å²) in [5.41, 5.74) is 1.36. The zero-order chi connectivity index (χ0) is 12.8. The molecular weight excluding hydrogens is 238 g/mol. The highest BCUT2D eigenvalue weighted by Crippen LogP contribution is 2.16. The Bertz CT molecular complexity index is 393. The van der Waals surface area contributed by atoms with E-state index in [0.29, 0.717) is 11.4 Å². The van der Waals surface area contributed by atoms with Crippen LogP contribution in [0.15, 0.2) is 18.2 Å². The molecule has 3 nitrogen and oxygen atoms in total. The lowest BCUT2D eigenvalue weighted by atomic mass is 10.1. The quantitative estimate of drug-likeness (QED) is 0.795. The number of rotatable bonds is 5. The summed E-state index contributed by atoms with van der Waals surface area (Å²) in [5.74, 6) is 0.596. The van der Waals surface area contributed by atoms with Gasteiger partial charge in [0.1, 0.15) is 5.75 Å². The molecule has 0 bridgehead atoms. The lowest BCUT2D eigenvalue weighted by Crippen LogP contribution is -2.35. The van der Waals surface area contributed by atoms with Crippen LogP contribution < -0.4 is 5.32 Å². The fraction of sp³-hybridized carbons (Fsp3) is 0.462. The molecule has 94 valence electrons. The molecule has 0 aliphatic rings. The monoisotopic (exact) mass is 255 g/mol. The number of nitrogens with one attached hydrogen (secondary N) is 1. The van der Waals surface area contributed by atoms with Crippen LogP contribution in [0.2, 0.25) is 0 Å². The van der Waals surface area contributed by atoms with Gasteiger partial charge >= 0.3 is 0 Å². The minimum atomic E-state index is -0.112. The normalized spacial score (nSPS) is 12.2. The van der Waals surface area contributed by atoms with Gasteiger partial charge in [-0.3, -0.25) is 4.79 Å². The predicted molar refractivity (Wildman–Crippen MR) is 69.7 cm³/mol. The van der Waals surface area contributed by atoms with Gasteiger partial charge in [-0.05, 0) is 43.5 Å². The van der Waals surface area contributed by atoms with Crippen LogP contribution in [0.4, 0.5) is 0 Å². The zero-order valence-electron chi connectivity index (χ0n) is 10.2. The molecule has 0 aromatic heterocycles. The van der Waals surface area contributed by atoms with Gasteiger partial charge in [-0.15, -0.1) is 11.6 Å². The molecule has 0 spiro atoms. The van der Waals surface area contributed by atoms with Crippen LogP contribution in [-0.2, 0) is 0 Å². The Labute approximate surface area is 107 Å². The van der Waals surface area contributed by atoms with Gasteiger partial charge in [0, 0.05) is 17.5 Å². The average Bonchev–Trinajstić information content (AvgIpc) is 2.28. The zero-order valence-corrected chi connectivity index (χ0v) is 10.9. The first kappa shape index (κ1) is 13.8. The van der Waals surface area contributed by atoms with Crippen LogP contribution in [0.3, 0.4) is 0 Å². The minimum Gasteiger partial charge on any atom is -0.508 e. The number of phenols is 1. The van der Waals surface area contributed by atoms with E-state index in [4.69, 9.17) is 11.6 Å². The largest absolute Gasteiger partial charge is 0.508 e. The van der Waals surface area contributed by atoms with Gasteiger partial charge in [0.25, 0.3) is 5.91 Å². The van der Waals surface area contributed by atoms with E-state index in [1.165, 1.54) is 6.07 Å². The summed E-state index contributed by atoms with van der Waals surface area (Å²) in [6.07, 6.45) is 1.62. The first-order chi connectivity index (χ1) is 8.08. The van der Waals surface area contributed by atoms with E-state index in [-0.39, 0.29) is 17.7 Å². The summed E-state index contributed by atoms with van der Waals surface area (Å²) in [5, 5.41) is 12.2. The van der Waals surface area contributed by atoms with Crippen molar-refractivity contribution in [3.63, 3.8) is 0 Å². The van der Waals surface area contributed by atoms with Crippen molar-refractivity contribution in [1.82, 2.24) is 5.32 Å². The SMILES string of the molecule is CCC(CCCl)NC(=O)c1ccc(O)cc1C. The van der Waals surface area contributed by atoms with Crippen LogP contribution in [0.5, 0.6) is 5.75 Å². The summed E-state index contributed by atoms with van der Waals surface area (Å²) < 4.78 is 0. The molecule has 0 saturated carbocycles. The van der Waals surface area contributed by atoms with Crippen molar-refractivity contribution in [2.24, 2.45) is 0 Å². The molecule has 17 heavy (non-hydrogen) atoms. The second kappa shape index (κ2) is 6.50. The molecule has 1 aromatic rings. The van der Waals surface area contributed by atoms with Crippen molar-refractivity contribution in [3.8, 4) is 5.75 Å². The van der Waals surface area contributed by atoms with E-state index in [2.05, 4.69) is 5.32 Å². The van der Waals surface area contributed by atoms with E-state index >= 15 is 0 Å². The fourth-order valence-electron chi connectivity index (χ4n) is 1.68. The summed E-state index contributed by atoms with van der Waals surface area (Å²) in [6, 6.07) is 4.84. The van der Waals surface area contributed by atoms with Crippen molar-refractivity contribution in [2.45, 2.75) is 32.7 Å². The third-order valence-electron chi connectivity index (χ3n) is 2.74. The standard InChI is InChI=1S/C13H18ClNO2/c1-3-10(6-7-14)15-13(17)12-5-4-11(16)8-9(12)2/h4-5,8,10,16H,3,6-7H2,1-2H3,(H,15,17). The fourth-order valence-corrected chi connectivity index (χ4v) is 1.94. The number of hydrogen-bond donors (Lipinski definition) is 2. The number of alkyl halides is 1. The first-order valence-electron chi connectivity index (χ1n) is 5.75. The molecule has 0 fully saturated rings. The molecule has 1 aromatic carbocycles. The average molecular weight is 256 g/mol. The molecule has 0 aliphatic heterocycles. The van der Waals surface area contributed by atoms with Gasteiger partial charge in [0.2, 0.25) is 0 Å². The molecule has 0 heterocycles. The Balaban J connectivity index is 2.75. The molecule has 1 unspecified atom stereocenters. The maximum absolute atomic E-state index is 12.0. The van der Waals surface area contributed by atoms with Crippen molar-refractivity contribution in [3.05, 3.63) is 29.3 Å². The second-order valence-corrected chi connectivity index (χ2v) is 4.43. The van der Waals surface area contributed by atoms with Crippen LogP contribution in [0.25, 0.3) is 0 Å². The number of benzene rings is 1. The summed E-state index contributed by atoms with van der Waals surface area (Å²) in [4.78, 5) is 12.0. The Morgan fingerprint density at radius 2 is 2.24 bits per heavy atom. The van der Waals surface area contributed by atoms with Crippen LogP contribution in [-0.4, -0.2) is 22.9 Å². The molecule has 0 aliphatic carbocycles. The first-order valence-corrected chi connectivity index (χ1v) is 6.28. The number of aryl methyl sites for hydroxylation is 1. The number of aromatic hydroxyl groups is 1. The predicted octanol–water partition coefficient (Wildman–Crippen LogP) is 2.84. The number of phenolic OH excluding ortho intramolecular Hbond substituents is 1. The topological polar surface area (TPSA) is 49.3 Å². The van der Waals surface area contributed by atoms with Gasteiger partial charge in [-0.25, -0.2) is 0 Å². The highest BCUT2D eigenvalue weighted by Gasteiger charge is 2.13. The number of amides is 1. The van der Waals surface area contributed by atoms with E-state index in [1.54, 1.807) is 19.1 Å². The number of halogens is 1.